The molecular weight excluding hydrogens is 188 g/mol. The van der Waals surface area contributed by atoms with Crippen molar-refractivity contribution in [2.24, 2.45) is 0 Å². The van der Waals surface area contributed by atoms with E-state index >= 15 is 0 Å². The van der Waals surface area contributed by atoms with Crippen molar-refractivity contribution in [1.29, 1.82) is 0 Å². The highest BCUT2D eigenvalue weighted by Gasteiger charge is 2.07. The first-order chi connectivity index (χ1) is 6.93. The molecule has 0 aliphatic heterocycles. The first-order valence-corrected chi connectivity index (χ1v) is 5.55. The van der Waals surface area contributed by atoms with E-state index in [2.05, 4.69) is 25.7 Å². The molecule has 0 aliphatic carbocycles. The molecule has 0 aromatic heterocycles. The molecule has 0 heterocycles. The Morgan fingerprint density at radius 3 is 2.53 bits per heavy atom. The number of nitrogens with zero attached hydrogens (tertiary/aromatic N) is 1. The van der Waals surface area contributed by atoms with Crippen molar-refractivity contribution in [1.82, 2.24) is 10.2 Å². The van der Waals surface area contributed by atoms with E-state index in [4.69, 9.17) is 0 Å². The minimum absolute atomic E-state index is 0.198. The summed E-state index contributed by atoms with van der Waals surface area (Å²) in [4.78, 5) is 13.3. The van der Waals surface area contributed by atoms with Gasteiger partial charge in [0.25, 0.3) is 0 Å². The second kappa shape index (κ2) is 7.46. The third kappa shape index (κ3) is 8.18. The molecule has 0 aliphatic rings. The van der Waals surface area contributed by atoms with Gasteiger partial charge in [0.1, 0.15) is 0 Å². The molecule has 1 N–H and O–H groups in total. The van der Waals surface area contributed by atoms with E-state index in [1.807, 2.05) is 14.0 Å². The zero-order valence-corrected chi connectivity index (χ0v) is 10.5. The van der Waals surface area contributed by atoms with Gasteiger partial charge in [-0.05, 0) is 19.9 Å². The van der Waals surface area contributed by atoms with Crippen molar-refractivity contribution in [2.45, 2.75) is 39.7 Å². The van der Waals surface area contributed by atoms with Gasteiger partial charge in [-0.3, -0.25) is 4.79 Å². The number of hydrogen-bond donors (Lipinski definition) is 1. The lowest BCUT2D eigenvalue weighted by atomic mass is 10.2. The first kappa shape index (κ1) is 14.2. The Bertz CT molecular complexity index is 212. The summed E-state index contributed by atoms with van der Waals surface area (Å²) >= 11 is 0. The van der Waals surface area contributed by atoms with E-state index < -0.39 is 0 Å². The number of amides is 1. The maximum Gasteiger partial charge on any atom is 0.222 e. The number of carbonyl (C=O) groups is 1. The van der Waals surface area contributed by atoms with Crippen molar-refractivity contribution >= 4 is 5.91 Å². The average Bonchev–Trinajstić information content (AvgIpc) is 2.10. The third-order valence-corrected chi connectivity index (χ3v) is 2.05. The summed E-state index contributed by atoms with van der Waals surface area (Å²) in [5.74, 6) is 0.198. The third-order valence-electron chi connectivity index (χ3n) is 2.05. The van der Waals surface area contributed by atoms with Gasteiger partial charge in [-0.2, -0.15) is 0 Å². The summed E-state index contributed by atoms with van der Waals surface area (Å²) in [6.07, 6.45) is 1.51. The summed E-state index contributed by atoms with van der Waals surface area (Å²) in [7, 11) is 1.83. The van der Waals surface area contributed by atoms with Gasteiger partial charge in [0.15, 0.2) is 0 Å². The van der Waals surface area contributed by atoms with Crippen LogP contribution in [-0.2, 0) is 4.79 Å². The second-order valence-corrected chi connectivity index (χ2v) is 4.42. The molecule has 3 nitrogen and oxygen atoms in total. The minimum Gasteiger partial charge on any atom is -0.342 e. The van der Waals surface area contributed by atoms with Crippen molar-refractivity contribution in [3.63, 3.8) is 0 Å². The molecular formula is C12H24N2O. The van der Waals surface area contributed by atoms with Crippen LogP contribution in [0.4, 0.5) is 0 Å². The lowest BCUT2D eigenvalue weighted by Gasteiger charge is -2.17. The molecule has 0 saturated heterocycles. The zero-order chi connectivity index (χ0) is 11.8. The van der Waals surface area contributed by atoms with Crippen LogP contribution < -0.4 is 5.32 Å². The maximum absolute atomic E-state index is 11.6. The number of likely N-dealkylation sites (N-methyl/N-ethyl adjacent to an activating group) is 1. The fourth-order valence-electron chi connectivity index (χ4n) is 1.31. The highest BCUT2D eigenvalue weighted by molar-refractivity contribution is 5.76. The molecule has 0 unspecified atom stereocenters. The maximum atomic E-state index is 11.6. The Hall–Kier alpha value is -0.830. The molecule has 0 atom stereocenters. The number of rotatable bonds is 7. The Morgan fingerprint density at radius 2 is 2.07 bits per heavy atom. The molecule has 0 spiro atoms. The molecule has 0 fully saturated rings. The van der Waals surface area contributed by atoms with Gasteiger partial charge < -0.3 is 10.2 Å². The van der Waals surface area contributed by atoms with Crippen LogP contribution in [0.1, 0.15) is 33.6 Å². The molecule has 15 heavy (non-hydrogen) atoms. The smallest absolute Gasteiger partial charge is 0.222 e. The molecule has 3 heteroatoms. The van der Waals surface area contributed by atoms with Gasteiger partial charge in [-0.15, -0.1) is 0 Å². The highest BCUT2D eigenvalue weighted by atomic mass is 16.2. The van der Waals surface area contributed by atoms with E-state index in [0.717, 1.165) is 18.5 Å². The Kier molecular flexibility index (Phi) is 7.05. The molecule has 0 aromatic rings. The largest absolute Gasteiger partial charge is 0.342 e. The zero-order valence-electron chi connectivity index (χ0n) is 10.5. The van der Waals surface area contributed by atoms with Gasteiger partial charge in [-0.25, -0.2) is 0 Å². The van der Waals surface area contributed by atoms with Gasteiger partial charge >= 0.3 is 0 Å². The van der Waals surface area contributed by atoms with Gasteiger partial charge in [0.05, 0.1) is 0 Å². The van der Waals surface area contributed by atoms with E-state index in [1.54, 1.807) is 4.90 Å². The van der Waals surface area contributed by atoms with Gasteiger partial charge in [0, 0.05) is 26.1 Å². The number of carbonyl (C=O) groups excluding carboxylic acids is 1. The van der Waals surface area contributed by atoms with Crippen LogP contribution in [0.2, 0.25) is 0 Å². The number of hydrogen-bond acceptors (Lipinski definition) is 2. The molecule has 0 radical (unpaired) electrons. The van der Waals surface area contributed by atoms with Crippen molar-refractivity contribution in [2.75, 3.05) is 20.1 Å². The van der Waals surface area contributed by atoms with Crippen molar-refractivity contribution in [3.05, 3.63) is 12.2 Å². The molecule has 0 saturated carbocycles. The lowest BCUT2D eigenvalue weighted by molar-refractivity contribution is -0.129. The SMILES string of the molecule is C=C(C)CN(C)C(=O)CCCNC(C)C. The summed E-state index contributed by atoms with van der Waals surface area (Å²) < 4.78 is 0. The normalized spacial score (nSPS) is 10.5. The molecule has 0 bridgehead atoms. The van der Waals surface area contributed by atoms with E-state index in [9.17, 15) is 4.79 Å². The quantitative estimate of drug-likeness (QED) is 0.515. The van der Waals surface area contributed by atoms with Crippen LogP contribution in [-0.4, -0.2) is 37.0 Å². The molecule has 0 aromatic carbocycles. The fraction of sp³-hybridized carbons (Fsp3) is 0.750. The highest BCUT2D eigenvalue weighted by Crippen LogP contribution is 1.98. The van der Waals surface area contributed by atoms with Crippen LogP contribution >= 0.6 is 0 Å². The summed E-state index contributed by atoms with van der Waals surface area (Å²) in [6, 6.07) is 0.494. The predicted molar refractivity (Wildman–Crippen MR) is 64.8 cm³/mol. The average molecular weight is 212 g/mol. The van der Waals surface area contributed by atoms with Crippen LogP contribution in [0.5, 0.6) is 0 Å². The predicted octanol–water partition coefficient (Wildman–Crippen LogP) is 1.80. The van der Waals surface area contributed by atoms with Crippen LogP contribution in [0.25, 0.3) is 0 Å². The monoisotopic (exact) mass is 212 g/mol. The van der Waals surface area contributed by atoms with Crippen molar-refractivity contribution < 1.29 is 4.79 Å². The summed E-state index contributed by atoms with van der Waals surface area (Å²) in [5, 5.41) is 3.29. The molecule has 0 rings (SSSR count). The first-order valence-electron chi connectivity index (χ1n) is 5.55. The summed E-state index contributed by atoms with van der Waals surface area (Å²) in [6.45, 7) is 11.5. The fourth-order valence-corrected chi connectivity index (χ4v) is 1.31. The van der Waals surface area contributed by atoms with Crippen LogP contribution in [0.3, 0.4) is 0 Å². The Labute approximate surface area is 93.5 Å². The minimum atomic E-state index is 0.198. The van der Waals surface area contributed by atoms with E-state index in [1.165, 1.54) is 0 Å². The second-order valence-electron chi connectivity index (χ2n) is 4.42. The summed E-state index contributed by atoms with van der Waals surface area (Å²) in [5.41, 5.74) is 1.02. The standard InChI is InChI=1S/C12H24N2O/c1-10(2)9-14(5)12(15)7-6-8-13-11(3)4/h11,13H,1,6-9H2,2-5H3. The van der Waals surface area contributed by atoms with Crippen molar-refractivity contribution in [3.8, 4) is 0 Å². The van der Waals surface area contributed by atoms with Crippen LogP contribution in [0, 0.1) is 0 Å². The van der Waals surface area contributed by atoms with E-state index in [0.29, 0.717) is 19.0 Å². The topological polar surface area (TPSA) is 32.3 Å². The van der Waals surface area contributed by atoms with Gasteiger partial charge in [0.2, 0.25) is 5.91 Å². The Balaban J connectivity index is 3.60. The molecule has 88 valence electrons. The molecule has 1 amide bonds. The number of nitrogens with one attached hydrogen (secondary N) is 1. The lowest BCUT2D eigenvalue weighted by Crippen LogP contribution is -2.29. The van der Waals surface area contributed by atoms with Gasteiger partial charge in [-0.1, -0.05) is 26.0 Å². The Morgan fingerprint density at radius 1 is 1.47 bits per heavy atom. The van der Waals surface area contributed by atoms with Crippen LogP contribution in [0.15, 0.2) is 12.2 Å². The van der Waals surface area contributed by atoms with E-state index in [-0.39, 0.29) is 5.91 Å².